The molecule has 2 nitrogen and oxygen atoms in total. The average molecular weight is 336 g/mol. The number of hydrogen-bond donors (Lipinski definition) is 2. The maximum atomic E-state index is 10.7. The lowest BCUT2D eigenvalue weighted by Gasteiger charge is -2.13. The predicted octanol–water partition coefficient (Wildman–Crippen LogP) is 6.22. The Morgan fingerprint density at radius 3 is 1.88 bits per heavy atom. The van der Waals surface area contributed by atoms with E-state index in [0.29, 0.717) is 10.9 Å². The van der Waals surface area contributed by atoms with Crippen molar-refractivity contribution in [3.8, 4) is 22.6 Å². The van der Waals surface area contributed by atoms with Gasteiger partial charge >= 0.3 is 0 Å². The molecule has 26 heavy (non-hydrogen) atoms. The lowest BCUT2D eigenvalue weighted by Crippen LogP contribution is -1.86. The van der Waals surface area contributed by atoms with Gasteiger partial charge in [0, 0.05) is 10.9 Å². The second-order valence-electron chi connectivity index (χ2n) is 6.57. The molecular weight excluding hydrogens is 320 g/mol. The number of fused-ring (bicyclic) bond motifs is 3. The zero-order valence-electron chi connectivity index (χ0n) is 14.0. The topological polar surface area (TPSA) is 40.5 Å². The van der Waals surface area contributed by atoms with E-state index in [2.05, 4.69) is 12.1 Å². The third-order valence-corrected chi connectivity index (χ3v) is 5.03. The lowest BCUT2D eigenvalue weighted by atomic mass is 9.93. The molecule has 0 aromatic heterocycles. The summed E-state index contributed by atoms with van der Waals surface area (Å²) < 4.78 is 0. The first-order valence-electron chi connectivity index (χ1n) is 8.58. The molecule has 0 atom stereocenters. The van der Waals surface area contributed by atoms with Gasteiger partial charge in [0.05, 0.1) is 0 Å². The largest absolute Gasteiger partial charge is 0.504 e. The van der Waals surface area contributed by atoms with Gasteiger partial charge in [-0.2, -0.15) is 0 Å². The molecule has 2 heteroatoms. The standard InChI is InChI=1S/C24H16O2/c25-23-21-13-17-8-2-1-7-16(17)12-18(21)14-22(24(23)26)20-11-5-9-15-6-3-4-10-19(15)20/h1-14,25-26H. The van der Waals surface area contributed by atoms with Gasteiger partial charge in [0.1, 0.15) is 0 Å². The van der Waals surface area contributed by atoms with Gasteiger partial charge in [-0.15, -0.1) is 0 Å². The molecule has 5 aromatic carbocycles. The first-order valence-corrected chi connectivity index (χ1v) is 8.58. The van der Waals surface area contributed by atoms with E-state index in [-0.39, 0.29) is 11.5 Å². The Bertz CT molecular complexity index is 1300. The molecule has 5 aromatic rings. The van der Waals surface area contributed by atoms with Crippen LogP contribution in [0.5, 0.6) is 11.5 Å². The van der Waals surface area contributed by atoms with Gasteiger partial charge in [-0.25, -0.2) is 0 Å². The summed E-state index contributed by atoms with van der Waals surface area (Å²) in [6.07, 6.45) is 0. The molecule has 0 unspecified atom stereocenters. The van der Waals surface area contributed by atoms with Crippen molar-refractivity contribution in [1.82, 2.24) is 0 Å². The van der Waals surface area contributed by atoms with Crippen molar-refractivity contribution in [2.45, 2.75) is 0 Å². The maximum Gasteiger partial charge on any atom is 0.166 e. The monoisotopic (exact) mass is 336 g/mol. The number of phenols is 2. The molecule has 2 N–H and O–H groups in total. The van der Waals surface area contributed by atoms with E-state index in [0.717, 1.165) is 32.5 Å². The van der Waals surface area contributed by atoms with Crippen molar-refractivity contribution < 1.29 is 10.2 Å². The summed E-state index contributed by atoms with van der Waals surface area (Å²) in [5.74, 6) is -0.152. The number of rotatable bonds is 1. The van der Waals surface area contributed by atoms with Crippen molar-refractivity contribution in [1.29, 1.82) is 0 Å². The molecule has 0 heterocycles. The van der Waals surface area contributed by atoms with E-state index >= 15 is 0 Å². The van der Waals surface area contributed by atoms with Gasteiger partial charge in [0.15, 0.2) is 11.5 Å². The molecule has 0 amide bonds. The van der Waals surface area contributed by atoms with Crippen LogP contribution in [0.2, 0.25) is 0 Å². The minimum Gasteiger partial charge on any atom is -0.504 e. The molecule has 0 radical (unpaired) electrons. The van der Waals surface area contributed by atoms with Gasteiger partial charge in [-0.05, 0) is 50.7 Å². The third-order valence-electron chi connectivity index (χ3n) is 5.03. The van der Waals surface area contributed by atoms with E-state index in [1.807, 2.05) is 72.8 Å². The Morgan fingerprint density at radius 1 is 0.423 bits per heavy atom. The summed E-state index contributed by atoms with van der Waals surface area (Å²) in [5, 5.41) is 27.3. The number of phenolic OH excluding ortho intramolecular Hbond substituents is 2. The highest BCUT2D eigenvalue weighted by atomic mass is 16.3. The van der Waals surface area contributed by atoms with Crippen LogP contribution in [-0.2, 0) is 0 Å². The quantitative estimate of drug-likeness (QED) is 0.281. The zero-order valence-corrected chi connectivity index (χ0v) is 14.0. The van der Waals surface area contributed by atoms with Crippen LogP contribution in [0.1, 0.15) is 0 Å². The highest BCUT2D eigenvalue weighted by Gasteiger charge is 2.15. The summed E-state index contributed by atoms with van der Waals surface area (Å²) in [5.41, 5.74) is 1.55. The summed E-state index contributed by atoms with van der Waals surface area (Å²) in [4.78, 5) is 0. The molecule has 0 saturated heterocycles. The fraction of sp³-hybridized carbons (Fsp3) is 0. The molecule has 124 valence electrons. The summed E-state index contributed by atoms with van der Waals surface area (Å²) in [6, 6.07) is 28.0. The molecule has 0 bridgehead atoms. The Morgan fingerprint density at radius 2 is 1.08 bits per heavy atom. The molecule has 0 spiro atoms. The Kier molecular flexibility index (Phi) is 3.13. The van der Waals surface area contributed by atoms with Crippen molar-refractivity contribution in [2.24, 2.45) is 0 Å². The van der Waals surface area contributed by atoms with Crippen LogP contribution in [0.4, 0.5) is 0 Å². The SMILES string of the molecule is Oc1c(-c2cccc3ccccc23)cc2cc3ccccc3cc2c1O. The molecule has 5 rings (SSSR count). The van der Waals surface area contributed by atoms with Crippen molar-refractivity contribution in [3.63, 3.8) is 0 Å². The fourth-order valence-corrected chi connectivity index (χ4v) is 3.73. The van der Waals surface area contributed by atoms with E-state index in [4.69, 9.17) is 0 Å². The van der Waals surface area contributed by atoms with E-state index in [9.17, 15) is 10.2 Å². The molecule has 0 saturated carbocycles. The van der Waals surface area contributed by atoms with Crippen molar-refractivity contribution in [2.75, 3.05) is 0 Å². The minimum absolute atomic E-state index is 0.0730. The summed E-state index contributed by atoms with van der Waals surface area (Å²) in [7, 11) is 0. The Balaban J connectivity index is 1.88. The van der Waals surface area contributed by atoms with Gasteiger partial charge in [0.25, 0.3) is 0 Å². The van der Waals surface area contributed by atoms with Crippen LogP contribution < -0.4 is 0 Å². The third kappa shape index (κ3) is 2.12. The van der Waals surface area contributed by atoms with Crippen molar-refractivity contribution in [3.05, 3.63) is 84.9 Å². The van der Waals surface area contributed by atoms with Crippen LogP contribution in [0.15, 0.2) is 84.9 Å². The van der Waals surface area contributed by atoms with Crippen LogP contribution in [0.25, 0.3) is 43.4 Å². The predicted molar refractivity (Wildman–Crippen MR) is 108 cm³/mol. The van der Waals surface area contributed by atoms with Crippen LogP contribution in [-0.4, -0.2) is 10.2 Å². The molecule has 0 aliphatic rings. The van der Waals surface area contributed by atoms with Gasteiger partial charge in [-0.3, -0.25) is 0 Å². The Hall–Kier alpha value is -3.52. The van der Waals surface area contributed by atoms with E-state index in [1.165, 1.54) is 0 Å². The molecule has 0 aliphatic carbocycles. The smallest absolute Gasteiger partial charge is 0.166 e. The normalized spacial score (nSPS) is 11.4. The van der Waals surface area contributed by atoms with Gasteiger partial charge in [0.2, 0.25) is 0 Å². The molecule has 0 fully saturated rings. The first-order chi connectivity index (χ1) is 12.7. The molecular formula is C24H16O2. The van der Waals surface area contributed by atoms with Gasteiger partial charge in [-0.1, -0.05) is 66.7 Å². The average Bonchev–Trinajstić information content (AvgIpc) is 2.69. The van der Waals surface area contributed by atoms with Crippen molar-refractivity contribution >= 4 is 32.3 Å². The maximum absolute atomic E-state index is 10.7. The van der Waals surface area contributed by atoms with E-state index in [1.54, 1.807) is 0 Å². The summed E-state index contributed by atoms with van der Waals surface area (Å²) in [6.45, 7) is 0. The second kappa shape index (κ2) is 5.50. The van der Waals surface area contributed by atoms with E-state index < -0.39 is 0 Å². The minimum atomic E-state index is -0.0795. The fourth-order valence-electron chi connectivity index (χ4n) is 3.73. The summed E-state index contributed by atoms with van der Waals surface area (Å²) >= 11 is 0. The number of aromatic hydroxyl groups is 2. The second-order valence-corrected chi connectivity index (χ2v) is 6.57. The molecule has 0 aliphatic heterocycles. The number of benzene rings is 5. The number of hydrogen-bond acceptors (Lipinski definition) is 2. The van der Waals surface area contributed by atoms with Crippen LogP contribution in [0.3, 0.4) is 0 Å². The Labute approximate surface area is 150 Å². The van der Waals surface area contributed by atoms with Gasteiger partial charge < -0.3 is 10.2 Å². The highest BCUT2D eigenvalue weighted by Crippen LogP contribution is 2.45. The zero-order chi connectivity index (χ0) is 17.7. The van der Waals surface area contributed by atoms with Crippen LogP contribution in [0, 0.1) is 0 Å². The highest BCUT2D eigenvalue weighted by molar-refractivity contribution is 6.07. The first kappa shape index (κ1) is 14.8. The van der Waals surface area contributed by atoms with Crippen LogP contribution >= 0.6 is 0 Å². The lowest BCUT2D eigenvalue weighted by molar-refractivity contribution is 0.409.